The maximum absolute atomic E-state index is 14.0. The number of halogens is 3. The Bertz CT molecular complexity index is 1300. The van der Waals surface area contributed by atoms with Gasteiger partial charge in [0.15, 0.2) is 0 Å². The van der Waals surface area contributed by atoms with Crippen LogP contribution in [0.1, 0.15) is 22.7 Å². The SMILES string of the molecule is COc1ccc(F)cc1/C(O)=C1\C(=O)C(=O)N(c2ccc(C)cc2)C1c1ccc(Cl)c(Cl)c1. The second-order valence-electron chi connectivity index (χ2n) is 7.52. The first-order chi connectivity index (χ1) is 15.7. The molecular weight excluding hydrogens is 468 g/mol. The topological polar surface area (TPSA) is 66.8 Å². The summed E-state index contributed by atoms with van der Waals surface area (Å²) in [6, 6.07) is 14.2. The molecule has 1 unspecified atom stereocenters. The van der Waals surface area contributed by atoms with Gasteiger partial charge in [-0.2, -0.15) is 0 Å². The number of carbonyl (C=O) groups is 2. The van der Waals surface area contributed by atoms with Crippen molar-refractivity contribution in [1.29, 1.82) is 0 Å². The molecule has 0 bridgehead atoms. The Kier molecular flexibility index (Phi) is 6.15. The minimum Gasteiger partial charge on any atom is -0.507 e. The predicted octanol–water partition coefficient (Wildman–Crippen LogP) is 6.08. The van der Waals surface area contributed by atoms with Crippen molar-refractivity contribution in [3.05, 3.63) is 98.8 Å². The van der Waals surface area contributed by atoms with Gasteiger partial charge in [0.05, 0.1) is 34.3 Å². The number of amides is 1. The van der Waals surface area contributed by atoms with Gasteiger partial charge in [-0.25, -0.2) is 4.39 Å². The highest BCUT2D eigenvalue weighted by Crippen LogP contribution is 2.44. The normalized spacial score (nSPS) is 17.5. The van der Waals surface area contributed by atoms with Gasteiger partial charge in [-0.15, -0.1) is 0 Å². The van der Waals surface area contributed by atoms with Gasteiger partial charge in [0, 0.05) is 5.69 Å². The van der Waals surface area contributed by atoms with Crippen LogP contribution in [0.4, 0.5) is 10.1 Å². The number of benzene rings is 3. The number of hydrogen-bond acceptors (Lipinski definition) is 4. The summed E-state index contributed by atoms with van der Waals surface area (Å²) < 4.78 is 19.3. The lowest BCUT2D eigenvalue weighted by molar-refractivity contribution is -0.132. The monoisotopic (exact) mass is 485 g/mol. The van der Waals surface area contributed by atoms with Crippen molar-refractivity contribution in [3.63, 3.8) is 0 Å². The lowest BCUT2D eigenvalue weighted by Gasteiger charge is -2.26. The number of methoxy groups -OCH3 is 1. The number of ketones is 1. The van der Waals surface area contributed by atoms with E-state index < -0.39 is 29.3 Å². The van der Waals surface area contributed by atoms with Gasteiger partial charge < -0.3 is 9.84 Å². The fourth-order valence-electron chi connectivity index (χ4n) is 3.81. The number of carbonyl (C=O) groups excluding carboxylic acids is 2. The summed E-state index contributed by atoms with van der Waals surface area (Å²) in [5.74, 6) is -2.82. The van der Waals surface area contributed by atoms with E-state index in [0.29, 0.717) is 16.3 Å². The number of anilines is 1. The van der Waals surface area contributed by atoms with Crippen molar-refractivity contribution >= 4 is 46.3 Å². The maximum atomic E-state index is 14.0. The Balaban J connectivity index is 2.00. The Morgan fingerprint density at radius 1 is 1.00 bits per heavy atom. The third-order valence-electron chi connectivity index (χ3n) is 5.43. The van der Waals surface area contributed by atoms with E-state index in [0.717, 1.165) is 17.7 Å². The van der Waals surface area contributed by atoms with Crippen molar-refractivity contribution < 1.29 is 23.8 Å². The number of Topliss-reactive ketones (excluding diaryl/α,β-unsaturated/α-hetero) is 1. The van der Waals surface area contributed by atoms with Gasteiger partial charge in [-0.05, 0) is 55.0 Å². The average Bonchev–Trinajstić information content (AvgIpc) is 3.06. The van der Waals surface area contributed by atoms with Crippen LogP contribution < -0.4 is 9.64 Å². The smallest absolute Gasteiger partial charge is 0.300 e. The minimum atomic E-state index is -1.03. The van der Waals surface area contributed by atoms with Crippen LogP contribution in [0.3, 0.4) is 0 Å². The molecule has 3 aromatic carbocycles. The molecule has 0 saturated carbocycles. The second kappa shape index (κ2) is 8.89. The fraction of sp³-hybridized carbons (Fsp3) is 0.120. The molecule has 1 aliphatic heterocycles. The van der Waals surface area contributed by atoms with Crippen LogP contribution in [0, 0.1) is 12.7 Å². The predicted molar refractivity (Wildman–Crippen MR) is 125 cm³/mol. The highest BCUT2D eigenvalue weighted by molar-refractivity contribution is 6.52. The van der Waals surface area contributed by atoms with Gasteiger partial charge in [-0.3, -0.25) is 14.5 Å². The number of ether oxygens (including phenoxy) is 1. The first-order valence-electron chi connectivity index (χ1n) is 9.89. The molecule has 1 N–H and O–H groups in total. The highest BCUT2D eigenvalue weighted by atomic mass is 35.5. The van der Waals surface area contributed by atoms with Crippen LogP contribution >= 0.6 is 23.2 Å². The molecule has 1 atom stereocenters. The molecule has 0 aromatic heterocycles. The lowest BCUT2D eigenvalue weighted by atomic mass is 9.94. The quantitative estimate of drug-likeness (QED) is 0.276. The van der Waals surface area contributed by atoms with Crippen LogP contribution in [0.5, 0.6) is 5.75 Å². The summed E-state index contributed by atoms with van der Waals surface area (Å²) in [5.41, 5.74) is 1.59. The molecule has 3 aromatic rings. The van der Waals surface area contributed by atoms with Crippen LogP contribution in [-0.2, 0) is 9.59 Å². The third kappa shape index (κ3) is 4.08. The van der Waals surface area contributed by atoms with Gasteiger partial charge in [0.25, 0.3) is 11.7 Å². The lowest BCUT2D eigenvalue weighted by Crippen LogP contribution is -2.29. The van der Waals surface area contributed by atoms with E-state index in [4.69, 9.17) is 27.9 Å². The number of nitrogens with zero attached hydrogens (tertiary/aromatic N) is 1. The molecule has 33 heavy (non-hydrogen) atoms. The second-order valence-corrected chi connectivity index (χ2v) is 8.34. The van der Waals surface area contributed by atoms with Gasteiger partial charge >= 0.3 is 0 Å². The summed E-state index contributed by atoms with van der Waals surface area (Å²) in [6.07, 6.45) is 0. The first-order valence-corrected chi connectivity index (χ1v) is 10.6. The summed E-state index contributed by atoms with van der Waals surface area (Å²) in [7, 11) is 1.35. The number of aliphatic hydroxyl groups is 1. The van der Waals surface area contributed by atoms with E-state index in [1.165, 1.54) is 30.2 Å². The molecule has 168 valence electrons. The molecule has 1 heterocycles. The molecule has 0 aliphatic carbocycles. The van der Waals surface area contributed by atoms with Gasteiger partial charge in [-0.1, -0.05) is 47.0 Å². The minimum absolute atomic E-state index is 0.0514. The number of aliphatic hydroxyl groups excluding tert-OH is 1. The zero-order valence-electron chi connectivity index (χ0n) is 17.6. The summed E-state index contributed by atoms with van der Waals surface area (Å²) in [5, 5.41) is 11.7. The highest BCUT2D eigenvalue weighted by Gasteiger charge is 2.47. The van der Waals surface area contributed by atoms with Gasteiger partial charge in [0.2, 0.25) is 0 Å². The van der Waals surface area contributed by atoms with Crippen LogP contribution in [0.25, 0.3) is 5.76 Å². The van der Waals surface area contributed by atoms with Crippen molar-refractivity contribution in [3.8, 4) is 5.75 Å². The van der Waals surface area contributed by atoms with Crippen molar-refractivity contribution in [1.82, 2.24) is 0 Å². The summed E-state index contributed by atoms with van der Waals surface area (Å²) >= 11 is 12.3. The molecular formula is C25H18Cl2FNO4. The Hall–Kier alpha value is -3.35. The molecule has 1 aliphatic rings. The molecule has 1 amide bonds. The third-order valence-corrected chi connectivity index (χ3v) is 6.17. The molecule has 0 radical (unpaired) electrons. The molecule has 4 rings (SSSR count). The molecule has 5 nitrogen and oxygen atoms in total. The van der Waals surface area contributed by atoms with E-state index in [2.05, 4.69) is 0 Å². The first kappa shape index (κ1) is 22.8. The summed E-state index contributed by atoms with van der Waals surface area (Å²) in [4.78, 5) is 27.6. The number of hydrogen-bond donors (Lipinski definition) is 1. The van der Waals surface area contributed by atoms with Crippen LogP contribution in [0.2, 0.25) is 10.0 Å². The van der Waals surface area contributed by atoms with Gasteiger partial charge in [0.1, 0.15) is 17.3 Å². The van der Waals surface area contributed by atoms with E-state index in [1.54, 1.807) is 30.3 Å². The fourth-order valence-corrected chi connectivity index (χ4v) is 4.12. The Morgan fingerprint density at radius 3 is 2.33 bits per heavy atom. The number of rotatable bonds is 4. The van der Waals surface area contributed by atoms with E-state index in [-0.39, 0.29) is 21.9 Å². The standard InChI is InChI=1S/C25H18Cl2FNO4/c1-13-3-7-16(8-4-13)29-22(14-5-9-18(26)19(27)11-14)21(24(31)25(29)32)23(30)17-12-15(28)6-10-20(17)33-2/h3-12,22,30H,1-2H3/b23-21+. The van der Waals surface area contributed by atoms with E-state index in [9.17, 15) is 19.1 Å². The molecule has 1 saturated heterocycles. The van der Waals surface area contributed by atoms with Crippen LogP contribution in [-0.4, -0.2) is 23.9 Å². The van der Waals surface area contributed by atoms with Crippen molar-refractivity contribution in [2.24, 2.45) is 0 Å². The number of aryl methyl sites for hydroxylation is 1. The maximum Gasteiger partial charge on any atom is 0.300 e. The van der Waals surface area contributed by atoms with Crippen molar-refractivity contribution in [2.75, 3.05) is 12.0 Å². The average molecular weight is 486 g/mol. The summed E-state index contributed by atoms with van der Waals surface area (Å²) in [6.45, 7) is 1.89. The van der Waals surface area contributed by atoms with Crippen molar-refractivity contribution in [2.45, 2.75) is 13.0 Å². The Labute approximate surface area is 199 Å². The molecule has 1 fully saturated rings. The zero-order chi connectivity index (χ0) is 23.9. The zero-order valence-corrected chi connectivity index (χ0v) is 19.1. The van der Waals surface area contributed by atoms with Crippen LogP contribution in [0.15, 0.2) is 66.2 Å². The molecule has 8 heteroatoms. The largest absolute Gasteiger partial charge is 0.507 e. The van der Waals surface area contributed by atoms with E-state index in [1.807, 2.05) is 6.92 Å². The van der Waals surface area contributed by atoms with E-state index >= 15 is 0 Å². The molecule has 0 spiro atoms. The Morgan fingerprint density at radius 2 is 1.70 bits per heavy atom.